The van der Waals surface area contributed by atoms with E-state index in [1.165, 1.54) is 4.90 Å². The third kappa shape index (κ3) is 5.57. The summed E-state index contributed by atoms with van der Waals surface area (Å²) in [5.41, 5.74) is -0.786. The molecule has 0 saturated heterocycles. The van der Waals surface area contributed by atoms with Crippen LogP contribution in [0.3, 0.4) is 0 Å². The highest BCUT2D eigenvalue weighted by Crippen LogP contribution is 2.08. The maximum atomic E-state index is 11.5. The number of carbonyl (C=O) groups is 2. The van der Waals surface area contributed by atoms with Crippen LogP contribution in [0.4, 0.5) is 4.79 Å². The third-order valence-electron chi connectivity index (χ3n) is 1.71. The first-order valence-electron chi connectivity index (χ1n) is 4.47. The van der Waals surface area contributed by atoms with Gasteiger partial charge in [0.05, 0.1) is 13.0 Å². The summed E-state index contributed by atoms with van der Waals surface area (Å²) in [7, 11) is 1.55. The molecule has 2 N–H and O–H groups in total. The molecule has 0 radical (unpaired) electrons. The maximum absolute atomic E-state index is 11.5. The molecule has 0 saturated carbocycles. The maximum Gasteiger partial charge on any atom is 0.318 e. The van der Waals surface area contributed by atoms with E-state index in [0.29, 0.717) is 0 Å². The van der Waals surface area contributed by atoms with Crippen LogP contribution in [0.2, 0.25) is 0 Å². The molecule has 0 heterocycles. The second-order valence-electron chi connectivity index (χ2n) is 3.94. The van der Waals surface area contributed by atoms with E-state index in [9.17, 15) is 9.59 Å². The van der Waals surface area contributed by atoms with Gasteiger partial charge in [-0.15, -0.1) is 6.42 Å². The summed E-state index contributed by atoms with van der Waals surface area (Å²) >= 11 is 0. The fourth-order valence-corrected chi connectivity index (χ4v) is 1.02. The second-order valence-corrected chi connectivity index (χ2v) is 3.94. The van der Waals surface area contributed by atoms with Gasteiger partial charge < -0.3 is 15.3 Å². The Balaban J connectivity index is 4.27. The van der Waals surface area contributed by atoms with Crippen LogP contribution < -0.4 is 5.32 Å². The lowest BCUT2D eigenvalue weighted by atomic mass is 10.0. The number of aliphatic carboxylic acids is 1. The number of urea groups is 1. The zero-order chi connectivity index (χ0) is 12.1. The Bertz CT molecular complexity index is 292. The average molecular weight is 212 g/mol. The van der Waals surface area contributed by atoms with E-state index in [1.807, 2.05) is 0 Å². The van der Waals surface area contributed by atoms with Crippen LogP contribution in [0.1, 0.15) is 20.3 Å². The van der Waals surface area contributed by atoms with Gasteiger partial charge in [0.1, 0.15) is 0 Å². The summed E-state index contributed by atoms with van der Waals surface area (Å²) in [6.45, 7) is 3.47. The van der Waals surface area contributed by atoms with E-state index in [2.05, 4.69) is 11.2 Å². The van der Waals surface area contributed by atoms with E-state index in [4.69, 9.17) is 11.5 Å². The molecule has 0 atom stereocenters. The number of carbonyl (C=O) groups excluding carboxylic acids is 1. The van der Waals surface area contributed by atoms with E-state index >= 15 is 0 Å². The summed E-state index contributed by atoms with van der Waals surface area (Å²) < 4.78 is 0. The summed E-state index contributed by atoms with van der Waals surface area (Å²) in [6.07, 6.45) is 4.91. The molecular weight excluding hydrogens is 196 g/mol. The number of terminal acetylenes is 1. The second kappa shape index (κ2) is 5.25. The van der Waals surface area contributed by atoms with Crippen LogP contribution in [-0.4, -0.2) is 41.1 Å². The minimum Gasteiger partial charge on any atom is -0.481 e. The van der Waals surface area contributed by atoms with Gasteiger partial charge in [0.2, 0.25) is 0 Å². The molecule has 0 aliphatic rings. The molecule has 0 rings (SSSR count). The van der Waals surface area contributed by atoms with Gasteiger partial charge in [0.15, 0.2) is 0 Å². The molecule has 0 bridgehead atoms. The van der Waals surface area contributed by atoms with Gasteiger partial charge in [0, 0.05) is 12.6 Å². The van der Waals surface area contributed by atoms with Crippen molar-refractivity contribution in [2.24, 2.45) is 0 Å². The SMILES string of the molecule is C#CCN(C)C(=O)NC(C)(C)CC(=O)O. The number of nitrogens with one attached hydrogen (secondary N) is 1. The topological polar surface area (TPSA) is 69.6 Å². The van der Waals surface area contributed by atoms with Crippen LogP contribution in [0.5, 0.6) is 0 Å². The number of carboxylic acids is 1. The minimum absolute atomic E-state index is 0.136. The predicted octanol–water partition coefficient (Wildman–Crippen LogP) is 0.514. The molecule has 0 fully saturated rings. The van der Waals surface area contributed by atoms with Crippen molar-refractivity contribution in [1.29, 1.82) is 0 Å². The van der Waals surface area contributed by atoms with Crippen molar-refractivity contribution in [3.05, 3.63) is 0 Å². The molecule has 0 aliphatic heterocycles. The van der Waals surface area contributed by atoms with Gasteiger partial charge in [-0.25, -0.2) is 4.79 Å². The smallest absolute Gasteiger partial charge is 0.318 e. The number of amides is 2. The van der Waals surface area contributed by atoms with Crippen molar-refractivity contribution in [2.45, 2.75) is 25.8 Å². The molecule has 0 aromatic rings. The zero-order valence-electron chi connectivity index (χ0n) is 9.20. The largest absolute Gasteiger partial charge is 0.481 e. The first kappa shape index (κ1) is 13.3. The standard InChI is InChI=1S/C10H16N2O3/c1-5-6-12(4)9(15)11-10(2,3)7-8(13)14/h1H,6-7H2,2-4H3,(H,11,15)(H,13,14). The third-order valence-corrected chi connectivity index (χ3v) is 1.71. The number of carboxylic acid groups (broad SMARTS) is 1. The molecule has 84 valence electrons. The Kier molecular flexibility index (Phi) is 4.65. The lowest BCUT2D eigenvalue weighted by Crippen LogP contribution is -2.50. The highest BCUT2D eigenvalue weighted by atomic mass is 16.4. The molecule has 5 heteroatoms. The molecule has 0 spiro atoms. The van der Waals surface area contributed by atoms with E-state index < -0.39 is 11.5 Å². The Morgan fingerprint density at radius 2 is 2.07 bits per heavy atom. The van der Waals surface area contributed by atoms with E-state index in [1.54, 1.807) is 20.9 Å². The number of rotatable bonds is 4. The summed E-state index contributed by atoms with van der Waals surface area (Å²) in [5, 5.41) is 11.2. The Hall–Kier alpha value is -1.70. The van der Waals surface area contributed by atoms with Crippen molar-refractivity contribution >= 4 is 12.0 Å². The Morgan fingerprint density at radius 3 is 2.47 bits per heavy atom. The number of nitrogens with zero attached hydrogens (tertiary/aromatic N) is 1. The molecule has 0 aromatic heterocycles. The van der Waals surface area contributed by atoms with Gasteiger partial charge in [-0.1, -0.05) is 5.92 Å². The van der Waals surface area contributed by atoms with E-state index in [0.717, 1.165) is 0 Å². The van der Waals surface area contributed by atoms with Gasteiger partial charge in [-0.2, -0.15) is 0 Å². The summed E-state index contributed by atoms with van der Waals surface area (Å²) in [4.78, 5) is 23.3. The van der Waals surface area contributed by atoms with Crippen LogP contribution in [-0.2, 0) is 4.79 Å². The fraction of sp³-hybridized carbons (Fsp3) is 0.600. The molecule has 2 amide bonds. The molecule has 0 aliphatic carbocycles. The van der Waals surface area contributed by atoms with Gasteiger partial charge in [-0.3, -0.25) is 4.79 Å². The molecule has 5 nitrogen and oxygen atoms in total. The van der Waals surface area contributed by atoms with Gasteiger partial charge in [-0.05, 0) is 13.8 Å². The summed E-state index contributed by atoms with van der Waals surface area (Å²) in [6, 6.07) is -0.376. The number of hydrogen-bond acceptors (Lipinski definition) is 2. The van der Waals surface area contributed by atoms with Crippen molar-refractivity contribution in [1.82, 2.24) is 10.2 Å². The van der Waals surface area contributed by atoms with Crippen molar-refractivity contribution in [3.63, 3.8) is 0 Å². The molecule has 0 unspecified atom stereocenters. The lowest BCUT2D eigenvalue weighted by molar-refractivity contribution is -0.138. The van der Waals surface area contributed by atoms with Crippen LogP contribution in [0.15, 0.2) is 0 Å². The van der Waals surface area contributed by atoms with Gasteiger partial charge >= 0.3 is 12.0 Å². The van der Waals surface area contributed by atoms with Crippen molar-refractivity contribution in [3.8, 4) is 12.3 Å². The van der Waals surface area contributed by atoms with Crippen molar-refractivity contribution < 1.29 is 14.7 Å². The highest BCUT2D eigenvalue weighted by Gasteiger charge is 2.24. The van der Waals surface area contributed by atoms with Gasteiger partial charge in [0.25, 0.3) is 0 Å². The molecule has 0 aromatic carbocycles. The highest BCUT2D eigenvalue weighted by molar-refractivity contribution is 5.76. The summed E-state index contributed by atoms with van der Waals surface area (Å²) in [5.74, 6) is 1.37. The zero-order valence-corrected chi connectivity index (χ0v) is 9.20. The monoisotopic (exact) mass is 212 g/mol. The van der Waals surface area contributed by atoms with E-state index in [-0.39, 0.29) is 19.0 Å². The number of hydrogen-bond donors (Lipinski definition) is 2. The minimum atomic E-state index is -0.958. The molecular formula is C10H16N2O3. The average Bonchev–Trinajstić information content (AvgIpc) is 2.00. The Labute approximate surface area is 89.4 Å². The van der Waals surface area contributed by atoms with Crippen LogP contribution in [0.25, 0.3) is 0 Å². The first-order chi connectivity index (χ1) is 6.78. The quantitative estimate of drug-likeness (QED) is 0.667. The molecule has 15 heavy (non-hydrogen) atoms. The van der Waals surface area contributed by atoms with Crippen LogP contribution in [0, 0.1) is 12.3 Å². The predicted molar refractivity (Wildman–Crippen MR) is 56.3 cm³/mol. The Morgan fingerprint density at radius 1 is 1.53 bits per heavy atom. The first-order valence-corrected chi connectivity index (χ1v) is 4.47. The normalized spacial score (nSPS) is 10.3. The fourth-order valence-electron chi connectivity index (χ4n) is 1.02. The van der Waals surface area contributed by atoms with Crippen LogP contribution >= 0.6 is 0 Å². The lowest BCUT2D eigenvalue weighted by Gasteiger charge is -2.27. The van der Waals surface area contributed by atoms with Crippen molar-refractivity contribution in [2.75, 3.05) is 13.6 Å².